The van der Waals surface area contributed by atoms with E-state index < -0.39 is 0 Å². The molecule has 10 rings (SSSR count). The van der Waals surface area contributed by atoms with Gasteiger partial charge in [-0.25, -0.2) is 9.98 Å². The number of amidine groups is 1. The highest BCUT2D eigenvalue weighted by Crippen LogP contribution is 2.53. The summed E-state index contributed by atoms with van der Waals surface area (Å²) in [7, 11) is 0. The van der Waals surface area contributed by atoms with Crippen LogP contribution in [0.2, 0.25) is 0 Å². The van der Waals surface area contributed by atoms with Crippen LogP contribution in [0.5, 0.6) is 0 Å². The van der Waals surface area contributed by atoms with Gasteiger partial charge in [-0.3, -0.25) is 4.90 Å². The molecule has 0 spiro atoms. The summed E-state index contributed by atoms with van der Waals surface area (Å²) in [6, 6.07) is 36.0. The number of aromatic nitrogens is 1. The maximum Gasteiger partial charge on any atom is 0.137 e. The van der Waals surface area contributed by atoms with Crippen LogP contribution in [0.4, 0.5) is 22.9 Å². The third-order valence-corrected chi connectivity index (χ3v) is 11.8. The third-order valence-electron chi connectivity index (χ3n) is 11.8. The van der Waals surface area contributed by atoms with Gasteiger partial charge in [-0.15, -0.1) is 0 Å². The van der Waals surface area contributed by atoms with E-state index in [2.05, 4.69) is 133 Å². The molecule has 0 N–H and O–H groups in total. The third kappa shape index (κ3) is 4.88. The number of anilines is 4. The molecule has 0 amide bonds. The molecule has 1 atom stereocenters. The summed E-state index contributed by atoms with van der Waals surface area (Å²) >= 11 is 0. The Balaban J connectivity index is 1.23. The maximum absolute atomic E-state index is 5.09. The predicted octanol–water partition coefficient (Wildman–Crippen LogP) is 12.5. The van der Waals surface area contributed by atoms with Gasteiger partial charge in [0, 0.05) is 29.8 Å². The van der Waals surface area contributed by atoms with Crippen LogP contribution in [0.15, 0.2) is 132 Å². The number of pyridine rings is 1. The first-order chi connectivity index (χ1) is 25.7. The molecule has 4 nitrogen and oxygen atoms in total. The molecule has 3 aliphatic carbocycles. The second-order valence-electron chi connectivity index (χ2n) is 14.8. The summed E-state index contributed by atoms with van der Waals surface area (Å²) in [6.07, 6.45) is 18.0. The molecule has 0 saturated heterocycles. The number of aryl methyl sites for hydroxylation is 3. The molecular weight excluding hydrogens is 633 g/mol. The van der Waals surface area contributed by atoms with Crippen molar-refractivity contribution < 1.29 is 0 Å². The second-order valence-corrected chi connectivity index (χ2v) is 14.8. The van der Waals surface area contributed by atoms with E-state index in [1.54, 1.807) is 0 Å². The minimum atomic E-state index is 0.148. The van der Waals surface area contributed by atoms with Crippen molar-refractivity contribution in [3.05, 3.63) is 161 Å². The lowest BCUT2D eigenvalue weighted by Crippen LogP contribution is -2.38. The van der Waals surface area contributed by atoms with Crippen molar-refractivity contribution in [3.8, 4) is 0 Å². The number of fused-ring (bicyclic) bond motifs is 2. The van der Waals surface area contributed by atoms with Crippen molar-refractivity contribution in [2.45, 2.75) is 64.8 Å². The number of hydrogen-bond donors (Lipinski definition) is 0. The molecule has 5 aromatic carbocycles. The number of hydrogen-bond acceptors (Lipinski definition) is 4. The Morgan fingerprint density at radius 1 is 0.712 bits per heavy atom. The van der Waals surface area contributed by atoms with Gasteiger partial charge in [0.2, 0.25) is 0 Å². The Labute approximate surface area is 306 Å². The van der Waals surface area contributed by atoms with E-state index in [1.165, 1.54) is 83.3 Å². The predicted molar refractivity (Wildman–Crippen MR) is 219 cm³/mol. The van der Waals surface area contributed by atoms with Gasteiger partial charge in [-0.05, 0) is 132 Å². The molecule has 0 radical (unpaired) electrons. The zero-order valence-electron chi connectivity index (χ0n) is 29.9. The monoisotopic (exact) mass is 674 g/mol. The molecule has 0 saturated carbocycles. The van der Waals surface area contributed by atoms with E-state index in [1.807, 2.05) is 18.5 Å². The summed E-state index contributed by atoms with van der Waals surface area (Å²) in [4.78, 5) is 15.1. The van der Waals surface area contributed by atoms with E-state index in [0.717, 1.165) is 56.5 Å². The van der Waals surface area contributed by atoms with Crippen LogP contribution in [-0.4, -0.2) is 10.8 Å². The van der Waals surface area contributed by atoms with Crippen molar-refractivity contribution in [2.24, 2.45) is 4.99 Å². The van der Waals surface area contributed by atoms with Crippen LogP contribution in [0.25, 0.3) is 33.2 Å². The minimum Gasteiger partial charge on any atom is -0.321 e. The summed E-state index contributed by atoms with van der Waals surface area (Å²) in [6.45, 7) is 4.68. The molecule has 254 valence electrons. The molecule has 1 aliphatic heterocycles. The summed E-state index contributed by atoms with van der Waals surface area (Å²) < 4.78 is 0. The summed E-state index contributed by atoms with van der Waals surface area (Å²) in [5.41, 5.74) is 15.1. The summed E-state index contributed by atoms with van der Waals surface area (Å²) in [5.74, 6) is 2.10. The highest BCUT2D eigenvalue weighted by Gasteiger charge is 2.37. The lowest BCUT2D eigenvalue weighted by Gasteiger charge is -2.42. The van der Waals surface area contributed by atoms with Crippen molar-refractivity contribution in [1.29, 1.82) is 0 Å². The first-order valence-electron chi connectivity index (χ1n) is 18.9. The molecule has 1 unspecified atom stereocenters. The summed E-state index contributed by atoms with van der Waals surface area (Å²) in [5, 5.41) is 5.22. The van der Waals surface area contributed by atoms with Crippen LogP contribution >= 0.6 is 0 Å². The Kier molecular flexibility index (Phi) is 7.45. The van der Waals surface area contributed by atoms with E-state index >= 15 is 0 Å². The van der Waals surface area contributed by atoms with Gasteiger partial charge in [0.05, 0.1) is 23.1 Å². The number of rotatable bonds is 5. The van der Waals surface area contributed by atoms with Crippen LogP contribution < -0.4 is 9.80 Å². The Morgan fingerprint density at radius 3 is 2.44 bits per heavy atom. The van der Waals surface area contributed by atoms with Crippen LogP contribution in [0.3, 0.4) is 0 Å². The average Bonchev–Trinajstić information content (AvgIpc) is 3.20. The van der Waals surface area contributed by atoms with E-state index in [4.69, 9.17) is 9.98 Å². The fourth-order valence-electron chi connectivity index (χ4n) is 9.46. The number of benzene rings is 5. The largest absolute Gasteiger partial charge is 0.321 e. The number of nitrogens with zero attached hydrogens (tertiary/aromatic N) is 4. The van der Waals surface area contributed by atoms with Gasteiger partial charge in [0.25, 0.3) is 0 Å². The fraction of sp³-hybridized carbons (Fsp3) is 0.208. The van der Waals surface area contributed by atoms with Crippen LogP contribution in [-0.2, 0) is 12.8 Å². The van der Waals surface area contributed by atoms with Gasteiger partial charge in [0.1, 0.15) is 11.7 Å². The molecule has 52 heavy (non-hydrogen) atoms. The normalized spacial score (nSPS) is 17.3. The zero-order chi connectivity index (χ0) is 34.8. The van der Waals surface area contributed by atoms with Gasteiger partial charge >= 0.3 is 0 Å². The molecule has 0 fully saturated rings. The first-order valence-corrected chi connectivity index (χ1v) is 18.9. The zero-order valence-corrected chi connectivity index (χ0v) is 29.9. The molecule has 0 bridgehead atoms. The molecule has 1 aromatic heterocycles. The average molecular weight is 675 g/mol. The highest BCUT2D eigenvalue weighted by atomic mass is 15.2. The molecule has 4 aliphatic rings. The topological polar surface area (TPSA) is 31.7 Å². The van der Waals surface area contributed by atoms with Crippen molar-refractivity contribution >= 4 is 61.9 Å². The quantitative estimate of drug-likeness (QED) is 0.182. The smallest absolute Gasteiger partial charge is 0.137 e. The Hall–Kier alpha value is -5.74. The first kappa shape index (κ1) is 31.0. The van der Waals surface area contributed by atoms with E-state index in [0.29, 0.717) is 0 Å². The Morgan fingerprint density at radius 2 is 1.56 bits per heavy atom. The van der Waals surface area contributed by atoms with Crippen molar-refractivity contribution in [2.75, 3.05) is 9.80 Å². The SMILES string of the molecule is CC1=C2CCc3c(N(c4ccccn4)c4cccc5ccccc45)cc(C)c4ccc(c2c34)C(N(C2=NC=CCC2)c2cccc3c2C=CCC3)C1. The van der Waals surface area contributed by atoms with Gasteiger partial charge in [-0.1, -0.05) is 90.5 Å². The van der Waals surface area contributed by atoms with Gasteiger partial charge < -0.3 is 4.90 Å². The molecular formula is C48H42N4. The number of allylic oxidation sites excluding steroid dienone is 3. The fourth-order valence-corrected chi connectivity index (χ4v) is 9.46. The van der Waals surface area contributed by atoms with E-state index in [-0.39, 0.29) is 6.04 Å². The van der Waals surface area contributed by atoms with Crippen LogP contribution in [0.1, 0.15) is 78.5 Å². The Bertz CT molecular complexity index is 2530. The lowest BCUT2D eigenvalue weighted by atomic mass is 9.73. The molecule has 4 heteroatoms. The standard InChI is InChI=1S/C48H42N4/c1-31-29-43(51(45-21-7-9-27-49-45)41-19-11-15-33-13-3-5-17-37(33)41)39-26-24-36-32(2)30-44(40-25-23-35(31)47(39)48(36)40)52(46-22-8-10-28-50-46)42-20-12-16-34-14-4-6-18-38(34)42/h3,5-7,9-13,15-21,23,25,27-29,44H,4,8,14,22,24,26,30H2,1-2H3. The number of aliphatic imine (C=N–C) groups is 1. The second kappa shape index (κ2) is 12.5. The van der Waals surface area contributed by atoms with Crippen molar-refractivity contribution in [3.63, 3.8) is 0 Å². The van der Waals surface area contributed by atoms with Crippen molar-refractivity contribution in [1.82, 2.24) is 4.98 Å². The highest BCUT2D eigenvalue weighted by molar-refractivity contribution is 6.08. The van der Waals surface area contributed by atoms with Gasteiger partial charge in [-0.2, -0.15) is 0 Å². The van der Waals surface area contributed by atoms with Gasteiger partial charge in [0.15, 0.2) is 0 Å². The maximum atomic E-state index is 5.09. The van der Waals surface area contributed by atoms with E-state index in [9.17, 15) is 0 Å². The van der Waals surface area contributed by atoms with Crippen LogP contribution in [0, 0.1) is 6.92 Å². The molecule has 2 heterocycles. The molecule has 6 aromatic rings. The lowest BCUT2D eigenvalue weighted by molar-refractivity contribution is 0.675. The minimum absolute atomic E-state index is 0.148.